The zero-order chi connectivity index (χ0) is 19.7. The average Bonchev–Trinajstić information content (AvgIpc) is 2.70. The van der Waals surface area contributed by atoms with Gasteiger partial charge in [-0.3, -0.25) is 14.5 Å². The molecule has 2 aliphatic heterocycles. The molecule has 28 heavy (non-hydrogen) atoms. The highest BCUT2D eigenvalue weighted by atomic mass is 16.5. The third-order valence-electron chi connectivity index (χ3n) is 5.39. The minimum atomic E-state index is -0.448. The lowest BCUT2D eigenvalue weighted by molar-refractivity contribution is -0.122. The standard InChI is InChI=1S/C22H25N3O3/c1-15(26)18-4-6-19(7-5-18)25-11-9-24(10-12-25)14-17-3-8-21-20(13-17)23-22(27)16(2)28-21/h3-8,13,16H,9-12,14H2,1-2H3,(H,23,27). The van der Waals surface area contributed by atoms with E-state index in [1.807, 2.05) is 36.4 Å². The van der Waals surface area contributed by atoms with E-state index in [1.165, 1.54) is 0 Å². The molecule has 1 unspecified atom stereocenters. The van der Waals surface area contributed by atoms with Gasteiger partial charge >= 0.3 is 0 Å². The van der Waals surface area contributed by atoms with Crippen LogP contribution in [-0.2, 0) is 11.3 Å². The van der Waals surface area contributed by atoms with Gasteiger partial charge in [-0.2, -0.15) is 0 Å². The second kappa shape index (κ2) is 7.64. The molecule has 2 heterocycles. The average molecular weight is 379 g/mol. The van der Waals surface area contributed by atoms with Gasteiger partial charge in [-0.1, -0.05) is 6.07 Å². The number of piperazine rings is 1. The number of rotatable bonds is 4. The fourth-order valence-corrected chi connectivity index (χ4v) is 3.68. The lowest BCUT2D eigenvalue weighted by atomic mass is 10.1. The van der Waals surface area contributed by atoms with E-state index in [9.17, 15) is 9.59 Å². The van der Waals surface area contributed by atoms with Gasteiger partial charge in [-0.25, -0.2) is 0 Å². The van der Waals surface area contributed by atoms with Gasteiger partial charge in [0.1, 0.15) is 5.75 Å². The van der Waals surface area contributed by atoms with Gasteiger partial charge in [0.25, 0.3) is 5.91 Å². The summed E-state index contributed by atoms with van der Waals surface area (Å²) in [6.45, 7) is 8.00. The van der Waals surface area contributed by atoms with Crippen LogP contribution in [-0.4, -0.2) is 48.9 Å². The molecular formula is C22H25N3O3. The second-order valence-corrected chi connectivity index (χ2v) is 7.45. The Balaban J connectivity index is 1.35. The van der Waals surface area contributed by atoms with Crippen molar-refractivity contribution in [2.45, 2.75) is 26.5 Å². The van der Waals surface area contributed by atoms with Crippen LogP contribution in [0.2, 0.25) is 0 Å². The van der Waals surface area contributed by atoms with Crippen LogP contribution in [0.3, 0.4) is 0 Å². The predicted octanol–water partition coefficient (Wildman–Crippen LogP) is 2.93. The Morgan fingerprint density at radius 3 is 2.50 bits per heavy atom. The number of ether oxygens (including phenoxy) is 1. The number of nitrogens with one attached hydrogen (secondary N) is 1. The van der Waals surface area contributed by atoms with Crippen LogP contribution >= 0.6 is 0 Å². The summed E-state index contributed by atoms with van der Waals surface area (Å²) in [4.78, 5) is 28.0. The molecule has 146 valence electrons. The van der Waals surface area contributed by atoms with Crippen molar-refractivity contribution in [1.29, 1.82) is 0 Å². The van der Waals surface area contributed by atoms with Crippen LogP contribution in [0.5, 0.6) is 5.75 Å². The summed E-state index contributed by atoms with van der Waals surface area (Å²) < 4.78 is 5.62. The Hall–Kier alpha value is -2.86. The van der Waals surface area contributed by atoms with E-state index in [0.29, 0.717) is 0 Å². The van der Waals surface area contributed by atoms with Crippen molar-refractivity contribution in [2.24, 2.45) is 0 Å². The molecule has 0 bridgehead atoms. The fraction of sp³-hybridized carbons (Fsp3) is 0.364. The number of carbonyl (C=O) groups is 2. The Labute approximate surface area is 165 Å². The summed E-state index contributed by atoms with van der Waals surface area (Å²) in [6, 6.07) is 13.9. The third kappa shape index (κ3) is 3.87. The van der Waals surface area contributed by atoms with Gasteiger partial charge in [-0.15, -0.1) is 0 Å². The molecular weight excluding hydrogens is 354 g/mol. The fourth-order valence-electron chi connectivity index (χ4n) is 3.68. The van der Waals surface area contributed by atoms with Crippen LogP contribution < -0.4 is 15.0 Å². The lowest BCUT2D eigenvalue weighted by Gasteiger charge is -2.36. The highest BCUT2D eigenvalue weighted by Crippen LogP contribution is 2.31. The molecule has 0 saturated carbocycles. The molecule has 1 atom stereocenters. The van der Waals surface area contributed by atoms with Crippen molar-refractivity contribution in [3.63, 3.8) is 0 Å². The van der Waals surface area contributed by atoms with E-state index in [1.54, 1.807) is 13.8 Å². The monoisotopic (exact) mass is 379 g/mol. The first-order chi connectivity index (χ1) is 13.5. The Morgan fingerprint density at radius 1 is 1.11 bits per heavy atom. The van der Waals surface area contributed by atoms with Crippen LogP contribution in [0, 0.1) is 0 Å². The number of benzene rings is 2. The number of nitrogens with zero attached hydrogens (tertiary/aromatic N) is 2. The first-order valence-corrected chi connectivity index (χ1v) is 9.68. The maximum atomic E-state index is 11.8. The van der Waals surface area contributed by atoms with Gasteiger partial charge in [0.2, 0.25) is 0 Å². The minimum Gasteiger partial charge on any atom is -0.479 e. The molecule has 2 aromatic carbocycles. The van der Waals surface area contributed by atoms with Crippen molar-refractivity contribution >= 4 is 23.1 Å². The van der Waals surface area contributed by atoms with Crippen molar-refractivity contribution in [2.75, 3.05) is 36.4 Å². The SMILES string of the molecule is CC(=O)c1ccc(N2CCN(Cc3ccc4c(c3)NC(=O)C(C)O4)CC2)cc1. The third-order valence-corrected chi connectivity index (χ3v) is 5.39. The smallest absolute Gasteiger partial charge is 0.265 e. The number of ketones is 1. The van der Waals surface area contributed by atoms with Crippen molar-refractivity contribution < 1.29 is 14.3 Å². The molecule has 0 radical (unpaired) electrons. The Kier molecular flexibility index (Phi) is 5.05. The molecule has 6 nitrogen and oxygen atoms in total. The van der Waals surface area contributed by atoms with Gasteiger partial charge in [0.15, 0.2) is 11.9 Å². The summed E-state index contributed by atoms with van der Waals surface area (Å²) >= 11 is 0. The number of fused-ring (bicyclic) bond motifs is 1. The molecule has 6 heteroatoms. The van der Waals surface area contributed by atoms with Gasteiger partial charge in [-0.05, 0) is 55.8 Å². The molecule has 2 aliphatic rings. The number of Topliss-reactive ketones (excluding diaryl/α,β-unsaturated/α-hetero) is 1. The largest absolute Gasteiger partial charge is 0.479 e. The van der Waals surface area contributed by atoms with E-state index in [4.69, 9.17) is 4.74 Å². The van der Waals surface area contributed by atoms with E-state index >= 15 is 0 Å². The van der Waals surface area contributed by atoms with Gasteiger partial charge < -0.3 is 15.0 Å². The maximum Gasteiger partial charge on any atom is 0.265 e. The normalized spacial score (nSPS) is 19.6. The molecule has 2 aromatic rings. The number of anilines is 2. The summed E-state index contributed by atoms with van der Waals surface area (Å²) in [7, 11) is 0. The minimum absolute atomic E-state index is 0.0949. The second-order valence-electron chi connectivity index (χ2n) is 7.45. The maximum absolute atomic E-state index is 11.8. The Morgan fingerprint density at radius 2 is 1.82 bits per heavy atom. The summed E-state index contributed by atoms with van der Waals surface area (Å²) in [5.74, 6) is 0.723. The summed E-state index contributed by atoms with van der Waals surface area (Å²) in [5.41, 5.74) is 3.83. The molecule has 1 amide bonds. The molecule has 1 N–H and O–H groups in total. The highest BCUT2D eigenvalue weighted by Gasteiger charge is 2.24. The van der Waals surface area contributed by atoms with Crippen molar-refractivity contribution in [3.8, 4) is 5.75 Å². The highest BCUT2D eigenvalue weighted by molar-refractivity contribution is 5.97. The zero-order valence-corrected chi connectivity index (χ0v) is 16.3. The van der Waals surface area contributed by atoms with E-state index in [0.717, 1.165) is 61.0 Å². The lowest BCUT2D eigenvalue weighted by Crippen LogP contribution is -2.46. The summed E-state index contributed by atoms with van der Waals surface area (Å²) in [5, 5.41) is 2.91. The molecule has 4 rings (SSSR count). The molecule has 1 saturated heterocycles. The Bertz CT molecular complexity index is 886. The van der Waals surface area contributed by atoms with Gasteiger partial charge in [0.05, 0.1) is 5.69 Å². The van der Waals surface area contributed by atoms with Crippen molar-refractivity contribution in [1.82, 2.24) is 4.90 Å². The molecule has 1 fully saturated rings. The predicted molar refractivity (Wildman–Crippen MR) is 109 cm³/mol. The van der Waals surface area contributed by atoms with Crippen LogP contribution in [0.4, 0.5) is 11.4 Å². The quantitative estimate of drug-likeness (QED) is 0.828. The van der Waals surface area contributed by atoms with Crippen LogP contribution in [0.1, 0.15) is 29.8 Å². The van der Waals surface area contributed by atoms with E-state index in [2.05, 4.69) is 21.2 Å². The summed E-state index contributed by atoms with van der Waals surface area (Å²) in [6.07, 6.45) is -0.448. The topological polar surface area (TPSA) is 61.9 Å². The van der Waals surface area contributed by atoms with Gasteiger partial charge in [0, 0.05) is 44.0 Å². The molecule has 0 aromatic heterocycles. The van der Waals surface area contributed by atoms with Crippen molar-refractivity contribution in [3.05, 3.63) is 53.6 Å². The number of hydrogen-bond acceptors (Lipinski definition) is 5. The zero-order valence-electron chi connectivity index (χ0n) is 16.3. The number of hydrogen-bond donors (Lipinski definition) is 1. The van der Waals surface area contributed by atoms with Crippen LogP contribution in [0.25, 0.3) is 0 Å². The number of carbonyl (C=O) groups excluding carboxylic acids is 2. The molecule has 0 spiro atoms. The molecule has 0 aliphatic carbocycles. The van der Waals surface area contributed by atoms with Crippen LogP contribution in [0.15, 0.2) is 42.5 Å². The first kappa shape index (κ1) is 18.5. The number of amides is 1. The van der Waals surface area contributed by atoms with E-state index < -0.39 is 6.10 Å². The van der Waals surface area contributed by atoms with E-state index in [-0.39, 0.29) is 11.7 Å². The first-order valence-electron chi connectivity index (χ1n) is 9.68.